The zero-order valence-electron chi connectivity index (χ0n) is 13.6. The average Bonchev–Trinajstić information content (AvgIpc) is 3.22. The van der Waals surface area contributed by atoms with Gasteiger partial charge in [0.05, 0.1) is 24.4 Å². The second-order valence-electron chi connectivity index (χ2n) is 6.72. The first kappa shape index (κ1) is 15.2. The number of aromatic nitrogens is 3. The van der Waals surface area contributed by atoms with E-state index in [0.717, 1.165) is 45.2 Å². The molecule has 2 aromatic heterocycles. The van der Waals surface area contributed by atoms with Gasteiger partial charge in [-0.15, -0.1) is 11.3 Å². The molecule has 7 heteroatoms. The molecule has 4 heterocycles. The van der Waals surface area contributed by atoms with Crippen molar-refractivity contribution in [3.05, 3.63) is 27.8 Å². The Kier molecular flexibility index (Phi) is 4.17. The molecule has 6 nitrogen and oxygen atoms in total. The first-order valence-corrected chi connectivity index (χ1v) is 9.05. The Morgan fingerprint density at radius 3 is 2.96 bits per heavy atom. The van der Waals surface area contributed by atoms with E-state index in [1.165, 1.54) is 10.6 Å². The smallest absolute Gasteiger partial charge is 0.227 e. The summed E-state index contributed by atoms with van der Waals surface area (Å²) in [7, 11) is 0. The van der Waals surface area contributed by atoms with E-state index in [0.29, 0.717) is 23.6 Å². The van der Waals surface area contributed by atoms with E-state index in [9.17, 15) is 0 Å². The van der Waals surface area contributed by atoms with Gasteiger partial charge in [0, 0.05) is 30.9 Å². The summed E-state index contributed by atoms with van der Waals surface area (Å²) in [5.74, 6) is 3.20. The van der Waals surface area contributed by atoms with Gasteiger partial charge >= 0.3 is 0 Å². The predicted molar refractivity (Wildman–Crippen MR) is 86.2 cm³/mol. The minimum Gasteiger partial charge on any atom is -0.381 e. The van der Waals surface area contributed by atoms with Gasteiger partial charge in [-0.1, -0.05) is 5.16 Å². The number of hydrogen-bond acceptors (Lipinski definition) is 7. The SMILES string of the molecule is Cc1noc(C[C@@H]2COC[C@H]3CN(Cc4scnc4C)C[C@@H]23)n1. The maximum Gasteiger partial charge on any atom is 0.227 e. The summed E-state index contributed by atoms with van der Waals surface area (Å²) in [6, 6.07) is 0. The fourth-order valence-electron chi connectivity index (χ4n) is 3.86. The Balaban J connectivity index is 1.42. The van der Waals surface area contributed by atoms with Crippen molar-refractivity contribution >= 4 is 11.3 Å². The minimum atomic E-state index is 0.473. The van der Waals surface area contributed by atoms with Gasteiger partial charge in [0.15, 0.2) is 5.82 Å². The van der Waals surface area contributed by atoms with Crippen LogP contribution in [0.4, 0.5) is 0 Å². The van der Waals surface area contributed by atoms with Gasteiger partial charge in [-0.2, -0.15) is 4.98 Å². The molecule has 23 heavy (non-hydrogen) atoms. The molecule has 0 spiro atoms. The van der Waals surface area contributed by atoms with Gasteiger partial charge in [-0.3, -0.25) is 4.90 Å². The zero-order chi connectivity index (χ0) is 15.8. The molecule has 0 bridgehead atoms. The summed E-state index contributed by atoms with van der Waals surface area (Å²) in [4.78, 5) is 12.7. The molecule has 0 amide bonds. The summed E-state index contributed by atoms with van der Waals surface area (Å²) < 4.78 is 11.2. The molecule has 0 aliphatic carbocycles. The fraction of sp³-hybridized carbons (Fsp3) is 0.688. The standard InChI is InChI=1S/C16H22N4O2S/c1-10-15(23-9-17-10)6-20-4-13-8-21-7-12(14(13)5-20)3-16-18-11(2)19-22-16/h9,12-14H,3-8H2,1-2H3/t12-,13-,14+/m1/s1. The van der Waals surface area contributed by atoms with E-state index in [1.807, 2.05) is 12.4 Å². The molecule has 2 fully saturated rings. The summed E-state index contributed by atoms with van der Waals surface area (Å²) in [5, 5.41) is 3.90. The van der Waals surface area contributed by atoms with Crippen molar-refractivity contribution in [3.63, 3.8) is 0 Å². The molecule has 0 N–H and O–H groups in total. The monoisotopic (exact) mass is 334 g/mol. The number of hydrogen-bond donors (Lipinski definition) is 0. The lowest BCUT2D eigenvalue weighted by Gasteiger charge is -2.32. The van der Waals surface area contributed by atoms with Crippen LogP contribution in [0.15, 0.2) is 10.0 Å². The van der Waals surface area contributed by atoms with E-state index in [4.69, 9.17) is 9.26 Å². The van der Waals surface area contributed by atoms with Gasteiger partial charge in [-0.05, 0) is 31.6 Å². The number of rotatable bonds is 4. The number of fused-ring (bicyclic) bond motifs is 1. The first-order chi connectivity index (χ1) is 11.2. The topological polar surface area (TPSA) is 64.3 Å². The van der Waals surface area contributed by atoms with Gasteiger partial charge in [0.25, 0.3) is 0 Å². The second-order valence-corrected chi connectivity index (χ2v) is 7.66. The Bertz CT molecular complexity index is 671. The third-order valence-electron chi connectivity index (χ3n) is 5.06. The van der Waals surface area contributed by atoms with Crippen LogP contribution in [-0.4, -0.2) is 46.3 Å². The van der Waals surface area contributed by atoms with E-state index >= 15 is 0 Å². The van der Waals surface area contributed by atoms with Gasteiger partial charge in [0.1, 0.15) is 0 Å². The number of thiazole rings is 1. The van der Waals surface area contributed by atoms with Crippen molar-refractivity contribution in [3.8, 4) is 0 Å². The highest BCUT2D eigenvalue weighted by Gasteiger charge is 2.41. The van der Waals surface area contributed by atoms with Crippen LogP contribution >= 0.6 is 11.3 Å². The maximum atomic E-state index is 5.86. The minimum absolute atomic E-state index is 0.473. The lowest BCUT2D eigenvalue weighted by atomic mass is 9.81. The highest BCUT2D eigenvalue weighted by atomic mass is 32.1. The molecule has 0 aromatic carbocycles. The molecule has 2 aliphatic heterocycles. The average molecular weight is 334 g/mol. The molecule has 2 aliphatic rings. The van der Waals surface area contributed by atoms with Crippen LogP contribution in [0.2, 0.25) is 0 Å². The molecule has 2 aromatic rings. The molecule has 0 unspecified atom stereocenters. The normalized spacial score (nSPS) is 28.2. The van der Waals surface area contributed by atoms with Crippen LogP contribution < -0.4 is 0 Å². The van der Waals surface area contributed by atoms with Crippen LogP contribution in [0.3, 0.4) is 0 Å². The number of ether oxygens (including phenoxy) is 1. The first-order valence-electron chi connectivity index (χ1n) is 8.17. The van der Waals surface area contributed by atoms with E-state index in [2.05, 4.69) is 26.9 Å². The predicted octanol–water partition coefficient (Wildman–Crippen LogP) is 2.08. The molecule has 4 rings (SSSR count). The Morgan fingerprint density at radius 1 is 1.30 bits per heavy atom. The molecule has 124 valence electrons. The Morgan fingerprint density at radius 2 is 2.22 bits per heavy atom. The van der Waals surface area contributed by atoms with Crippen molar-refractivity contribution in [2.75, 3.05) is 26.3 Å². The highest BCUT2D eigenvalue weighted by molar-refractivity contribution is 7.09. The Labute approximate surface area is 139 Å². The van der Waals surface area contributed by atoms with Crippen LogP contribution in [0.25, 0.3) is 0 Å². The number of nitrogens with zero attached hydrogens (tertiary/aromatic N) is 4. The summed E-state index contributed by atoms with van der Waals surface area (Å²) >= 11 is 1.76. The van der Waals surface area contributed by atoms with E-state index in [1.54, 1.807) is 11.3 Å². The molecular weight excluding hydrogens is 312 g/mol. The van der Waals surface area contributed by atoms with Crippen molar-refractivity contribution < 1.29 is 9.26 Å². The summed E-state index contributed by atoms with van der Waals surface area (Å²) in [6.45, 7) is 8.89. The van der Waals surface area contributed by atoms with Crippen molar-refractivity contribution in [1.29, 1.82) is 0 Å². The van der Waals surface area contributed by atoms with Crippen LogP contribution in [0, 0.1) is 31.6 Å². The fourth-order valence-corrected chi connectivity index (χ4v) is 4.68. The highest BCUT2D eigenvalue weighted by Crippen LogP contribution is 2.36. The molecule has 3 atom stereocenters. The largest absolute Gasteiger partial charge is 0.381 e. The van der Waals surface area contributed by atoms with E-state index < -0.39 is 0 Å². The van der Waals surface area contributed by atoms with Crippen molar-refractivity contribution in [2.45, 2.75) is 26.8 Å². The van der Waals surface area contributed by atoms with Crippen molar-refractivity contribution in [2.24, 2.45) is 17.8 Å². The molecule has 2 saturated heterocycles. The molecule has 0 saturated carbocycles. The Hall–Kier alpha value is -1.31. The van der Waals surface area contributed by atoms with Gasteiger partial charge < -0.3 is 9.26 Å². The van der Waals surface area contributed by atoms with Crippen LogP contribution in [0.1, 0.15) is 22.3 Å². The zero-order valence-corrected chi connectivity index (χ0v) is 14.4. The summed E-state index contributed by atoms with van der Waals surface area (Å²) in [5.41, 5.74) is 3.11. The van der Waals surface area contributed by atoms with E-state index in [-0.39, 0.29) is 0 Å². The van der Waals surface area contributed by atoms with Crippen LogP contribution in [-0.2, 0) is 17.7 Å². The van der Waals surface area contributed by atoms with Crippen LogP contribution in [0.5, 0.6) is 0 Å². The third kappa shape index (κ3) is 3.18. The maximum absolute atomic E-state index is 5.86. The lowest BCUT2D eigenvalue weighted by Crippen LogP contribution is -2.36. The quantitative estimate of drug-likeness (QED) is 0.853. The van der Waals surface area contributed by atoms with Gasteiger partial charge in [0.2, 0.25) is 5.89 Å². The summed E-state index contributed by atoms with van der Waals surface area (Å²) in [6.07, 6.45) is 0.829. The van der Waals surface area contributed by atoms with Crippen molar-refractivity contribution in [1.82, 2.24) is 20.0 Å². The second kappa shape index (κ2) is 6.30. The molecular formula is C16H22N4O2S. The lowest BCUT2D eigenvalue weighted by molar-refractivity contribution is -0.0110. The number of likely N-dealkylation sites (tertiary alicyclic amines) is 1. The van der Waals surface area contributed by atoms with Gasteiger partial charge in [-0.25, -0.2) is 4.98 Å². The molecule has 0 radical (unpaired) electrons. The number of aryl methyl sites for hydroxylation is 2. The third-order valence-corrected chi connectivity index (χ3v) is 5.97.